The smallest absolute Gasteiger partial charge is 0.274 e. The van der Waals surface area contributed by atoms with Gasteiger partial charge in [0.05, 0.1) is 5.69 Å². The normalized spacial score (nSPS) is 14.5. The second kappa shape index (κ2) is 7.77. The predicted octanol–water partition coefficient (Wildman–Crippen LogP) is 2.86. The quantitative estimate of drug-likeness (QED) is 0.763. The second-order valence-corrected chi connectivity index (χ2v) is 6.22. The van der Waals surface area contributed by atoms with Crippen LogP contribution in [0.3, 0.4) is 0 Å². The van der Waals surface area contributed by atoms with E-state index in [1.807, 2.05) is 30.3 Å². The highest BCUT2D eigenvalue weighted by molar-refractivity contribution is 6.02. The fraction of sp³-hybridized carbons (Fsp3) is 0.389. The molecule has 0 unspecified atom stereocenters. The summed E-state index contributed by atoms with van der Waals surface area (Å²) in [4.78, 5) is 24.4. The van der Waals surface area contributed by atoms with Gasteiger partial charge in [-0.25, -0.2) is 0 Å². The molecule has 0 radical (unpaired) electrons. The van der Waals surface area contributed by atoms with Crippen LogP contribution < -0.4 is 10.6 Å². The number of nitrogens with zero attached hydrogens (tertiary/aromatic N) is 1. The SMILES string of the molecule is O=C(CC1CCCC1)Nc1c[nH]nc1C(=O)NCc1ccccc1. The highest BCUT2D eigenvalue weighted by atomic mass is 16.2. The number of amides is 2. The lowest BCUT2D eigenvalue weighted by Crippen LogP contribution is -2.25. The van der Waals surface area contributed by atoms with Crippen LogP contribution in [-0.2, 0) is 11.3 Å². The number of carbonyl (C=O) groups is 2. The van der Waals surface area contributed by atoms with Crippen LogP contribution in [-0.4, -0.2) is 22.0 Å². The third-order valence-corrected chi connectivity index (χ3v) is 4.37. The Morgan fingerprint density at radius 1 is 1.17 bits per heavy atom. The Kier molecular flexibility index (Phi) is 5.25. The molecular formula is C18H22N4O2. The predicted molar refractivity (Wildman–Crippen MR) is 91.4 cm³/mol. The topological polar surface area (TPSA) is 86.9 Å². The van der Waals surface area contributed by atoms with Crippen molar-refractivity contribution in [2.45, 2.75) is 38.6 Å². The van der Waals surface area contributed by atoms with Gasteiger partial charge in [-0.1, -0.05) is 43.2 Å². The van der Waals surface area contributed by atoms with Gasteiger partial charge in [0, 0.05) is 19.2 Å². The standard InChI is InChI=1S/C18H22N4O2/c23-16(10-13-6-4-5-7-13)21-15-12-20-22-17(15)18(24)19-11-14-8-2-1-3-9-14/h1-3,8-9,12-13H,4-7,10-11H2,(H,19,24)(H,20,22)(H,21,23). The maximum absolute atomic E-state index is 12.3. The molecule has 3 N–H and O–H groups in total. The number of H-pyrrole nitrogens is 1. The Morgan fingerprint density at radius 2 is 1.92 bits per heavy atom. The maximum Gasteiger partial charge on any atom is 0.274 e. The van der Waals surface area contributed by atoms with Gasteiger partial charge in [0.25, 0.3) is 5.91 Å². The number of aromatic amines is 1. The molecule has 1 heterocycles. The average molecular weight is 326 g/mol. The summed E-state index contributed by atoms with van der Waals surface area (Å²) in [5.41, 5.74) is 1.66. The molecular weight excluding hydrogens is 304 g/mol. The number of benzene rings is 1. The number of aromatic nitrogens is 2. The number of hydrogen-bond donors (Lipinski definition) is 3. The minimum Gasteiger partial charge on any atom is -0.346 e. The molecule has 2 aromatic rings. The van der Waals surface area contributed by atoms with Crippen molar-refractivity contribution in [3.8, 4) is 0 Å². The summed E-state index contributed by atoms with van der Waals surface area (Å²) >= 11 is 0. The summed E-state index contributed by atoms with van der Waals surface area (Å²) in [6.45, 7) is 0.419. The van der Waals surface area contributed by atoms with Crippen molar-refractivity contribution >= 4 is 17.5 Å². The first-order valence-electron chi connectivity index (χ1n) is 8.38. The number of nitrogens with one attached hydrogen (secondary N) is 3. The van der Waals surface area contributed by atoms with E-state index in [1.54, 1.807) is 6.20 Å². The van der Waals surface area contributed by atoms with Crippen LogP contribution in [0.25, 0.3) is 0 Å². The fourth-order valence-corrected chi connectivity index (χ4v) is 3.10. The van der Waals surface area contributed by atoms with Gasteiger partial charge in [-0.2, -0.15) is 5.10 Å². The first-order chi connectivity index (χ1) is 11.7. The lowest BCUT2D eigenvalue weighted by Gasteiger charge is -2.09. The van der Waals surface area contributed by atoms with Crippen LogP contribution in [0.1, 0.15) is 48.2 Å². The van der Waals surface area contributed by atoms with E-state index in [-0.39, 0.29) is 17.5 Å². The molecule has 1 aliphatic carbocycles. The zero-order valence-electron chi connectivity index (χ0n) is 13.5. The molecule has 1 saturated carbocycles. The van der Waals surface area contributed by atoms with Crippen molar-refractivity contribution in [1.82, 2.24) is 15.5 Å². The summed E-state index contributed by atoms with van der Waals surface area (Å²) in [6.07, 6.45) is 6.69. The molecule has 6 nitrogen and oxygen atoms in total. The van der Waals surface area contributed by atoms with E-state index >= 15 is 0 Å². The second-order valence-electron chi connectivity index (χ2n) is 6.22. The number of rotatable bonds is 6. The summed E-state index contributed by atoms with van der Waals surface area (Å²) in [5, 5.41) is 12.2. The Bertz CT molecular complexity index is 690. The molecule has 2 amide bonds. The molecule has 126 valence electrons. The van der Waals surface area contributed by atoms with Crippen molar-refractivity contribution in [1.29, 1.82) is 0 Å². The highest BCUT2D eigenvalue weighted by Crippen LogP contribution is 2.27. The summed E-state index contributed by atoms with van der Waals surface area (Å²) < 4.78 is 0. The van der Waals surface area contributed by atoms with E-state index in [1.165, 1.54) is 12.8 Å². The lowest BCUT2D eigenvalue weighted by molar-refractivity contribution is -0.117. The zero-order valence-corrected chi connectivity index (χ0v) is 13.5. The van der Waals surface area contributed by atoms with Gasteiger partial charge in [-0.3, -0.25) is 14.7 Å². The van der Waals surface area contributed by atoms with E-state index in [4.69, 9.17) is 0 Å². The third kappa shape index (κ3) is 4.22. The first-order valence-corrected chi connectivity index (χ1v) is 8.38. The fourth-order valence-electron chi connectivity index (χ4n) is 3.10. The Labute approximate surface area is 141 Å². The monoisotopic (exact) mass is 326 g/mol. The van der Waals surface area contributed by atoms with E-state index in [9.17, 15) is 9.59 Å². The van der Waals surface area contributed by atoms with Crippen LogP contribution in [0.4, 0.5) is 5.69 Å². The van der Waals surface area contributed by atoms with Crippen molar-refractivity contribution in [3.63, 3.8) is 0 Å². The summed E-state index contributed by atoms with van der Waals surface area (Å²) in [5.74, 6) is 0.101. The van der Waals surface area contributed by atoms with Crippen LogP contribution in [0.5, 0.6) is 0 Å². The van der Waals surface area contributed by atoms with Gasteiger partial charge in [0.1, 0.15) is 0 Å². The Balaban J connectivity index is 1.55. The van der Waals surface area contributed by atoms with Gasteiger partial charge in [-0.05, 0) is 24.3 Å². The van der Waals surface area contributed by atoms with Gasteiger partial charge < -0.3 is 10.6 Å². The van der Waals surface area contributed by atoms with E-state index in [2.05, 4.69) is 20.8 Å². The van der Waals surface area contributed by atoms with Crippen molar-refractivity contribution in [2.75, 3.05) is 5.32 Å². The minimum atomic E-state index is -0.309. The van der Waals surface area contributed by atoms with Gasteiger partial charge in [0.2, 0.25) is 5.91 Å². The number of anilines is 1. The van der Waals surface area contributed by atoms with E-state index in [0.29, 0.717) is 24.6 Å². The van der Waals surface area contributed by atoms with Crippen molar-refractivity contribution < 1.29 is 9.59 Å². The molecule has 1 aromatic heterocycles. The van der Waals surface area contributed by atoms with Crippen LogP contribution in [0, 0.1) is 5.92 Å². The Hall–Kier alpha value is -2.63. The summed E-state index contributed by atoms with van der Waals surface area (Å²) in [7, 11) is 0. The molecule has 24 heavy (non-hydrogen) atoms. The van der Waals surface area contributed by atoms with Gasteiger partial charge in [-0.15, -0.1) is 0 Å². The first kappa shape index (κ1) is 16.2. The lowest BCUT2D eigenvalue weighted by atomic mass is 10.0. The Morgan fingerprint density at radius 3 is 2.67 bits per heavy atom. The maximum atomic E-state index is 12.3. The average Bonchev–Trinajstić information content (AvgIpc) is 3.25. The molecule has 6 heteroatoms. The van der Waals surface area contributed by atoms with Crippen molar-refractivity contribution in [3.05, 3.63) is 47.8 Å². The van der Waals surface area contributed by atoms with Crippen molar-refractivity contribution in [2.24, 2.45) is 5.92 Å². The molecule has 0 bridgehead atoms. The minimum absolute atomic E-state index is 0.0552. The molecule has 0 spiro atoms. The highest BCUT2D eigenvalue weighted by Gasteiger charge is 2.21. The van der Waals surface area contributed by atoms with E-state index in [0.717, 1.165) is 18.4 Å². The number of carbonyl (C=O) groups excluding carboxylic acids is 2. The third-order valence-electron chi connectivity index (χ3n) is 4.37. The van der Waals surface area contributed by atoms with E-state index < -0.39 is 0 Å². The van der Waals surface area contributed by atoms with Gasteiger partial charge in [0.15, 0.2) is 5.69 Å². The largest absolute Gasteiger partial charge is 0.346 e. The molecule has 1 fully saturated rings. The number of hydrogen-bond acceptors (Lipinski definition) is 3. The zero-order chi connectivity index (χ0) is 16.8. The molecule has 1 aliphatic rings. The molecule has 1 aromatic carbocycles. The molecule has 0 saturated heterocycles. The van der Waals surface area contributed by atoms with Crippen LogP contribution in [0.2, 0.25) is 0 Å². The van der Waals surface area contributed by atoms with Crippen LogP contribution in [0.15, 0.2) is 36.5 Å². The molecule has 0 aliphatic heterocycles. The molecule has 0 atom stereocenters. The van der Waals surface area contributed by atoms with Gasteiger partial charge >= 0.3 is 0 Å². The molecule has 3 rings (SSSR count). The summed E-state index contributed by atoms with van der Waals surface area (Å²) in [6, 6.07) is 9.65. The van der Waals surface area contributed by atoms with Crippen LogP contribution >= 0.6 is 0 Å².